The maximum Gasteiger partial charge on any atom is 0.402 e. The highest BCUT2D eigenvalue weighted by molar-refractivity contribution is 7.91. The fourth-order valence-corrected chi connectivity index (χ4v) is 4.28. The first-order valence-corrected chi connectivity index (χ1v) is 7.81. The first-order valence-electron chi connectivity index (χ1n) is 5.49. The molecule has 0 amide bonds. The fraction of sp³-hybridized carbons (Fsp3) is 0.600. The van der Waals surface area contributed by atoms with Crippen LogP contribution in [0.3, 0.4) is 0 Å². The summed E-state index contributed by atoms with van der Waals surface area (Å²) >= 11 is 0.929. The van der Waals surface area contributed by atoms with Crippen LogP contribution in [0.2, 0.25) is 0 Å². The Morgan fingerprint density at radius 2 is 2.05 bits per heavy atom. The zero-order valence-corrected chi connectivity index (χ0v) is 12.1. The largest absolute Gasteiger partial charge is 0.402 e. The smallest absolute Gasteiger partial charge is 0.316 e. The van der Waals surface area contributed by atoms with E-state index in [1.54, 1.807) is 12.4 Å². The molecule has 110 valence electrons. The Morgan fingerprint density at radius 3 is 2.53 bits per heavy atom. The van der Waals surface area contributed by atoms with Crippen LogP contribution in [0.1, 0.15) is 12.5 Å². The summed E-state index contributed by atoms with van der Waals surface area (Å²) in [7, 11) is -2.38. The molecular formula is C10H15F3N2O2S2. The average molecular weight is 316 g/mol. The molecule has 1 aromatic heterocycles. The molecule has 9 heteroatoms. The minimum Gasteiger partial charge on any atom is -0.316 e. The topological polar surface area (TPSA) is 49.4 Å². The second-order valence-corrected chi connectivity index (χ2v) is 6.93. The summed E-state index contributed by atoms with van der Waals surface area (Å²) in [4.78, 5) is 0. The Balaban J connectivity index is 2.99. The van der Waals surface area contributed by atoms with Crippen LogP contribution in [0, 0.1) is 0 Å². The third-order valence-electron chi connectivity index (χ3n) is 2.31. The van der Waals surface area contributed by atoms with Crippen LogP contribution in [0.15, 0.2) is 15.7 Å². The first-order chi connectivity index (χ1) is 8.70. The first kappa shape index (κ1) is 16.4. The molecule has 0 aliphatic rings. The van der Waals surface area contributed by atoms with Crippen molar-refractivity contribution in [1.29, 1.82) is 0 Å². The molecule has 0 bridgehead atoms. The third kappa shape index (κ3) is 4.44. The normalized spacial score (nSPS) is 13.2. The van der Waals surface area contributed by atoms with Gasteiger partial charge in [0.15, 0.2) is 0 Å². The fourth-order valence-electron chi connectivity index (χ4n) is 1.48. The van der Waals surface area contributed by atoms with Crippen LogP contribution >= 0.6 is 11.3 Å². The van der Waals surface area contributed by atoms with Crippen molar-refractivity contribution in [3.05, 3.63) is 17.0 Å². The van der Waals surface area contributed by atoms with Crippen LogP contribution in [-0.2, 0) is 16.6 Å². The van der Waals surface area contributed by atoms with Crippen molar-refractivity contribution >= 4 is 21.4 Å². The van der Waals surface area contributed by atoms with E-state index in [2.05, 4.69) is 5.32 Å². The van der Waals surface area contributed by atoms with Crippen molar-refractivity contribution in [1.82, 2.24) is 9.62 Å². The van der Waals surface area contributed by atoms with E-state index < -0.39 is 22.7 Å². The lowest BCUT2D eigenvalue weighted by Gasteiger charge is -2.20. The number of halogens is 3. The van der Waals surface area contributed by atoms with Gasteiger partial charge in [0.1, 0.15) is 10.8 Å². The molecule has 19 heavy (non-hydrogen) atoms. The Morgan fingerprint density at radius 1 is 1.42 bits per heavy atom. The molecule has 0 aliphatic carbocycles. The van der Waals surface area contributed by atoms with Gasteiger partial charge in [0, 0.05) is 13.1 Å². The van der Waals surface area contributed by atoms with Gasteiger partial charge in [-0.3, -0.25) is 0 Å². The van der Waals surface area contributed by atoms with Crippen LogP contribution in [-0.4, -0.2) is 39.0 Å². The number of thiophene rings is 1. The maximum absolute atomic E-state index is 12.4. The molecule has 1 aromatic rings. The monoisotopic (exact) mass is 316 g/mol. The summed E-state index contributed by atoms with van der Waals surface area (Å²) in [6, 6.07) is 1.40. The summed E-state index contributed by atoms with van der Waals surface area (Å²) in [6.07, 6.45) is -4.55. The van der Waals surface area contributed by atoms with E-state index in [9.17, 15) is 21.6 Å². The molecular weight excluding hydrogens is 301 g/mol. The molecule has 1 rings (SSSR count). The lowest BCUT2D eigenvalue weighted by molar-refractivity contribution is -0.135. The van der Waals surface area contributed by atoms with E-state index >= 15 is 0 Å². The van der Waals surface area contributed by atoms with Crippen molar-refractivity contribution in [2.24, 2.45) is 0 Å². The summed E-state index contributed by atoms with van der Waals surface area (Å²) in [5.74, 6) is 0. The molecule has 4 nitrogen and oxygen atoms in total. The zero-order chi connectivity index (χ0) is 14.7. The standard InChI is InChI=1S/C10H15F3N2O2S2/c1-3-15(7-10(11,12)13)19(16,17)9-4-8(5-14-2)6-18-9/h4,6,14H,3,5,7H2,1-2H3. The van der Waals surface area contributed by atoms with Gasteiger partial charge >= 0.3 is 6.18 Å². The Hall–Kier alpha value is -0.640. The average Bonchev–Trinajstić information content (AvgIpc) is 2.74. The highest BCUT2D eigenvalue weighted by Crippen LogP contribution is 2.26. The lowest BCUT2D eigenvalue weighted by Crippen LogP contribution is -2.38. The number of sulfonamides is 1. The molecule has 1 heterocycles. The summed E-state index contributed by atoms with van der Waals surface area (Å²) < 4.78 is 61.6. The molecule has 0 saturated heterocycles. The molecule has 0 aliphatic heterocycles. The molecule has 0 unspecified atom stereocenters. The molecule has 0 spiro atoms. The number of hydrogen-bond acceptors (Lipinski definition) is 4. The van der Waals surface area contributed by atoms with E-state index in [1.807, 2.05) is 0 Å². The van der Waals surface area contributed by atoms with Crippen LogP contribution in [0.25, 0.3) is 0 Å². The minimum atomic E-state index is -4.55. The second-order valence-electron chi connectivity index (χ2n) is 3.85. The number of nitrogens with one attached hydrogen (secondary N) is 1. The van der Waals surface area contributed by atoms with Crippen LogP contribution < -0.4 is 5.32 Å². The van der Waals surface area contributed by atoms with Crippen molar-refractivity contribution in [2.75, 3.05) is 20.1 Å². The summed E-state index contributed by atoms with van der Waals surface area (Å²) in [6.45, 7) is 0.162. The molecule has 0 radical (unpaired) electrons. The van der Waals surface area contributed by atoms with E-state index in [0.29, 0.717) is 10.8 Å². The molecule has 0 saturated carbocycles. The predicted octanol–water partition coefficient (Wildman–Crippen LogP) is 2.04. The van der Waals surface area contributed by atoms with Gasteiger partial charge in [-0.1, -0.05) is 6.92 Å². The van der Waals surface area contributed by atoms with Crippen molar-refractivity contribution in [3.8, 4) is 0 Å². The van der Waals surface area contributed by atoms with E-state index in [1.165, 1.54) is 13.0 Å². The van der Waals surface area contributed by atoms with Gasteiger partial charge in [0.05, 0.1) is 0 Å². The predicted molar refractivity (Wildman–Crippen MR) is 67.6 cm³/mol. The van der Waals surface area contributed by atoms with Crippen LogP contribution in [0.5, 0.6) is 0 Å². The zero-order valence-electron chi connectivity index (χ0n) is 10.5. The van der Waals surface area contributed by atoms with Gasteiger partial charge in [-0.15, -0.1) is 11.3 Å². The third-order valence-corrected chi connectivity index (χ3v) is 5.70. The van der Waals surface area contributed by atoms with E-state index in [-0.39, 0.29) is 10.8 Å². The van der Waals surface area contributed by atoms with Gasteiger partial charge in [0.25, 0.3) is 10.0 Å². The Bertz CT molecular complexity index is 511. The highest BCUT2D eigenvalue weighted by Gasteiger charge is 2.36. The van der Waals surface area contributed by atoms with Crippen molar-refractivity contribution in [2.45, 2.75) is 23.9 Å². The van der Waals surface area contributed by atoms with Gasteiger partial charge < -0.3 is 5.32 Å². The molecule has 0 aromatic carbocycles. The molecule has 0 atom stereocenters. The van der Waals surface area contributed by atoms with Gasteiger partial charge in [0.2, 0.25) is 0 Å². The summed E-state index contributed by atoms with van der Waals surface area (Å²) in [5, 5.41) is 4.46. The van der Waals surface area contributed by atoms with Crippen molar-refractivity contribution in [3.63, 3.8) is 0 Å². The maximum atomic E-state index is 12.4. The van der Waals surface area contributed by atoms with E-state index in [4.69, 9.17) is 0 Å². The Labute approximate surface area is 114 Å². The number of nitrogens with zero attached hydrogens (tertiary/aromatic N) is 1. The second kappa shape index (κ2) is 6.21. The summed E-state index contributed by atoms with van der Waals surface area (Å²) in [5.41, 5.74) is 0.731. The molecule has 1 N–H and O–H groups in total. The number of alkyl halides is 3. The van der Waals surface area contributed by atoms with E-state index in [0.717, 1.165) is 16.9 Å². The van der Waals surface area contributed by atoms with Gasteiger partial charge in [-0.25, -0.2) is 8.42 Å². The van der Waals surface area contributed by atoms with Crippen LogP contribution in [0.4, 0.5) is 13.2 Å². The van der Waals surface area contributed by atoms with Crippen molar-refractivity contribution < 1.29 is 21.6 Å². The van der Waals surface area contributed by atoms with Gasteiger partial charge in [-0.05, 0) is 24.1 Å². The quantitative estimate of drug-likeness (QED) is 0.874. The number of rotatable bonds is 6. The Kier molecular flexibility index (Phi) is 5.36. The highest BCUT2D eigenvalue weighted by atomic mass is 32.2. The minimum absolute atomic E-state index is 0.0659. The molecule has 0 fully saturated rings. The SMILES string of the molecule is CCN(CC(F)(F)F)S(=O)(=O)c1cc(CNC)cs1. The van der Waals surface area contributed by atoms with Gasteiger partial charge in [-0.2, -0.15) is 17.5 Å². The lowest BCUT2D eigenvalue weighted by atomic mass is 10.3. The number of hydrogen-bond donors (Lipinski definition) is 1.